The van der Waals surface area contributed by atoms with Crippen LogP contribution in [0.15, 0.2) is 60.7 Å². The average Bonchev–Trinajstić information content (AvgIpc) is 2.58. The molecule has 1 saturated heterocycles. The second kappa shape index (κ2) is 6.65. The number of hydrogen-bond donors (Lipinski definition) is 1. The average molecular weight is 308 g/mol. The van der Waals surface area contributed by atoms with Crippen molar-refractivity contribution in [1.29, 1.82) is 0 Å². The van der Waals surface area contributed by atoms with Gasteiger partial charge in [-0.15, -0.1) is 0 Å². The maximum Gasteiger partial charge on any atom is 0.246 e. The zero-order valence-corrected chi connectivity index (χ0v) is 13.1. The predicted octanol–water partition coefficient (Wildman–Crippen LogP) is 2.14. The van der Waals surface area contributed by atoms with E-state index in [1.54, 1.807) is 11.8 Å². The number of nitrogens with zero attached hydrogens (tertiary/aromatic N) is 1. The Labute approximate surface area is 136 Å². The minimum absolute atomic E-state index is 0.0233. The normalized spacial score (nSPS) is 21.2. The molecule has 4 nitrogen and oxygen atoms in total. The highest BCUT2D eigenvalue weighted by Crippen LogP contribution is 2.17. The highest BCUT2D eigenvalue weighted by Gasteiger charge is 2.37. The van der Waals surface area contributed by atoms with Crippen molar-refractivity contribution in [1.82, 2.24) is 10.2 Å². The van der Waals surface area contributed by atoms with Gasteiger partial charge in [-0.05, 0) is 18.1 Å². The van der Waals surface area contributed by atoms with Gasteiger partial charge in [0.1, 0.15) is 12.1 Å². The van der Waals surface area contributed by atoms with Crippen molar-refractivity contribution in [3.63, 3.8) is 0 Å². The van der Waals surface area contributed by atoms with Crippen molar-refractivity contribution < 1.29 is 9.59 Å². The number of amides is 2. The molecule has 1 aliphatic rings. The van der Waals surface area contributed by atoms with Crippen LogP contribution >= 0.6 is 0 Å². The standard InChI is InChI=1S/C19H20N2O2/c1-14-18(22)20-17(12-15-8-4-2-5-9-15)19(23)21(14)13-16-10-6-3-7-11-16/h2-11,14,17H,12-13H2,1H3,(H,20,22). The number of hydrogen-bond acceptors (Lipinski definition) is 2. The van der Waals surface area contributed by atoms with Crippen LogP contribution in [0.4, 0.5) is 0 Å². The van der Waals surface area contributed by atoms with Gasteiger partial charge in [0, 0.05) is 13.0 Å². The molecular weight excluding hydrogens is 288 g/mol. The zero-order chi connectivity index (χ0) is 16.2. The summed E-state index contributed by atoms with van der Waals surface area (Å²) in [6, 6.07) is 18.6. The Morgan fingerprint density at radius 1 is 0.913 bits per heavy atom. The Kier molecular flexibility index (Phi) is 4.42. The molecule has 1 aliphatic heterocycles. The van der Waals surface area contributed by atoms with Crippen LogP contribution in [-0.4, -0.2) is 28.8 Å². The molecule has 0 bridgehead atoms. The lowest BCUT2D eigenvalue weighted by atomic mass is 10.00. The largest absolute Gasteiger partial charge is 0.342 e. The molecule has 23 heavy (non-hydrogen) atoms. The first-order valence-electron chi connectivity index (χ1n) is 7.84. The molecule has 2 aromatic rings. The van der Waals surface area contributed by atoms with E-state index in [1.165, 1.54) is 0 Å². The fourth-order valence-electron chi connectivity index (χ4n) is 2.87. The van der Waals surface area contributed by atoms with E-state index in [0.717, 1.165) is 11.1 Å². The molecule has 3 rings (SSSR count). The molecule has 0 aliphatic carbocycles. The topological polar surface area (TPSA) is 49.4 Å². The van der Waals surface area contributed by atoms with Gasteiger partial charge in [0.2, 0.25) is 11.8 Å². The molecule has 0 spiro atoms. The third-order valence-electron chi connectivity index (χ3n) is 4.22. The van der Waals surface area contributed by atoms with Gasteiger partial charge >= 0.3 is 0 Å². The van der Waals surface area contributed by atoms with Crippen molar-refractivity contribution in [2.24, 2.45) is 0 Å². The molecule has 1 fully saturated rings. The fraction of sp³-hybridized carbons (Fsp3) is 0.263. The van der Waals surface area contributed by atoms with Crippen LogP contribution in [-0.2, 0) is 22.6 Å². The summed E-state index contributed by atoms with van der Waals surface area (Å²) in [7, 11) is 0. The van der Waals surface area contributed by atoms with Crippen LogP contribution < -0.4 is 5.32 Å². The van der Waals surface area contributed by atoms with Crippen LogP contribution in [0.1, 0.15) is 18.1 Å². The number of piperazine rings is 1. The molecule has 0 saturated carbocycles. The quantitative estimate of drug-likeness (QED) is 0.941. The molecule has 0 radical (unpaired) electrons. The number of carbonyl (C=O) groups is 2. The van der Waals surface area contributed by atoms with E-state index in [-0.39, 0.29) is 11.8 Å². The highest BCUT2D eigenvalue weighted by molar-refractivity contribution is 5.96. The molecule has 118 valence electrons. The predicted molar refractivity (Wildman–Crippen MR) is 88.5 cm³/mol. The SMILES string of the molecule is CC1C(=O)NC(Cc2ccccc2)C(=O)N1Cc1ccccc1. The summed E-state index contributed by atoms with van der Waals surface area (Å²) in [4.78, 5) is 26.7. The monoisotopic (exact) mass is 308 g/mol. The molecule has 2 amide bonds. The lowest BCUT2D eigenvalue weighted by Gasteiger charge is -2.37. The van der Waals surface area contributed by atoms with Gasteiger partial charge in [-0.3, -0.25) is 9.59 Å². The van der Waals surface area contributed by atoms with E-state index in [2.05, 4.69) is 5.32 Å². The van der Waals surface area contributed by atoms with Crippen molar-refractivity contribution in [2.75, 3.05) is 0 Å². The maximum absolute atomic E-state index is 12.8. The van der Waals surface area contributed by atoms with E-state index in [1.807, 2.05) is 60.7 Å². The maximum atomic E-state index is 12.8. The first-order chi connectivity index (χ1) is 11.1. The van der Waals surface area contributed by atoms with Crippen LogP contribution in [0.5, 0.6) is 0 Å². The third kappa shape index (κ3) is 3.42. The third-order valence-corrected chi connectivity index (χ3v) is 4.22. The van der Waals surface area contributed by atoms with E-state index < -0.39 is 12.1 Å². The Balaban J connectivity index is 1.78. The minimum Gasteiger partial charge on any atom is -0.342 e. The van der Waals surface area contributed by atoms with E-state index in [4.69, 9.17) is 0 Å². The van der Waals surface area contributed by atoms with Crippen molar-refractivity contribution >= 4 is 11.8 Å². The molecule has 1 heterocycles. The van der Waals surface area contributed by atoms with Crippen molar-refractivity contribution in [3.05, 3.63) is 71.8 Å². The number of rotatable bonds is 4. The van der Waals surface area contributed by atoms with Gasteiger partial charge in [0.25, 0.3) is 0 Å². The summed E-state index contributed by atoms with van der Waals surface area (Å²) in [5, 5.41) is 2.85. The molecule has 2 unspecified atom stereocenters. The number of benzene rings is 2. The molecule has 4 heteroatoms. The van der Waals surface area contributed by atoms with Crippen LogP contribution in [0.3, 0.4) is 0 Å². The zero-order valence-electron chi connectivity index (χ0n) is 13.1. The fourth-order valence-corrected chi connectivity index (χ4v) is 2.87. The summed E-state index contributed by atoms with van der Waals surface area (Å²) < 4.78 is 0. The van der Waals surface area contributed by atoms with Gasteiger partial charge in [-0.25, -0.2) is 0 Å². The minimum atomic E-state index is -0.496. The van der Waals surface area contributed by atoms with Gasteiger partial charge in [0.05, 0.1) is 0 Å². The van der Waals surface area contributed by atoms with E-state index in [9.17, 15) is 9.59 Å². The van der Waals surface area contributed by atoms with Gasteiger partial charge in [-0.1, -0.05) is 60.7 Å². The Bertz CT molecular complexity index is 685. The molecular formula is C19H20N2O2. The molecule has 2 atom stereocenters. The molecule has 1 N–H and O–H groups in total. The summed E-state index contributed by atoms with van der Waals surface area (Å²) >= 11 is 0. The van der Waals surface area contributed by atoms with Gasteiger partial charge in [-0.2, -0.15) is 0 Å². The first kappa shape index (κ1) is 15.3. The second-order valence-corrected chi connectivity index (χ2v) is 5.88. The summed E-state index contributed by atoms with van der Waals surface area (Å²) in [6.07, 6.45) is 0.517. The summed E-state index contributed by atoms with van der Waals surface area (Å²) in [6.45, 7) is 2.23. The van der Waals surface area contributed by atoms with Gasteiger partial charge < -0.3 is 10.2 Å². The Morgan fingerprint density at radius 3 is 2.09 bits per heavy atom. The summed E-state index contributed by atoms with van der Waals surface area (Å²) in [5.74, 6) is -0.119. The van der Waals surface area contributed by atoms with Crippen LogP contribution in [0.25, 0.3) is 0 Å². The molecule has 2 aromatic carbocycles. The number of nitrogens with one attached hydrogen (secondary N) is 1. The number of carbonyl (C=O) groups excluding carboxylic acids is 2. The lowest BCUT2D eigenvalue weighted by Crippen LogP contribution is -2.62. The van der Waals surface area contributed by atoms with Crippen molar-refractivity contribution in [2.45, 2.75) is 32.0 Å². The summed E-state index contributed by atoms with van der Waals surface area (Å²) in [5.41, 5.74) is 2.07. The van der Waals surface area contributed by atoms with Crippen molar-refractivity contribution in [3.8, 4) is 0 Å². The smallest absolute Gasteiger partial charge is 0.246 e. The second-order valence-electron chi connectivity index (χ2n) is 5.88. The lowest BCUT2D eigenvalue weighted by molar-refractivity contribution is -0.149. The Morgan fingerprint density at radius 2 is 1.48 bits per heavy atom. The van der Waals surface area contributed by atoms with E-state index >= 15 is 0 Å². The van der Waals surface area contributed by atoms with E-state index in [0.29, 0.717) is 13.0 Å². The highest BCUT2D eigenvalue weighted by atomic mass is 16.2. The van der Waals surface area contributed by atoms with Crippen LogP contribution in [0, 0.1) is 0 Å². The molecule has 0 aromatic heterocycles. The first-order valence-corrected chi connectivity index (χ1v) is 7.84. The van der Waals surface area contributed by atoms with Gasteiger partial charge in [0.15, 0.2) is 0 Å². The van der Waals surface area contributed by atoms with Crippen LogP contribution in [0.2, 0.25) is 0 Å². The Hall–Kier alpha value is -2.62.